The first kappa shape index (κ1) is 29.9. The van der Waals surface area contributed by atoms with Gasteiger partial charge in [-0.25, -0.2) is 0 Å². The Morgan fingerprint density at radius 1 is 0.697 bits per heavy atom. The van der Waals surface area contributed by atoms with Crippen LogP contribution in [-0.2, 0) is 9.59 Å². The maximum absolute atomic E-state index is 10.3. The molecule has 0 aliphatic heterocycles. The number of aliphatic hydroxyl groups excluding tert-OH is 2. The van der Waals surface area contributed by atoms with Crippen LogP contribution in [0.5, 0.6) is 0 Å². The van der Waals surface area contributed by atoms with Crippen LogP contribution in [0, 0.1) is 5.41 Å². The predicted octanol–water partition coefficient (Wildman–Crippen LogP) is 3.19. The molecule has 8 nitrogen and oxygen atoms in total. The van der Waals surface area contributed by atoms with Gasteiger partial charge in [0.25, 0.3) is 0 Å². The standard InChI is InChI=1S/2C10H13NO2.C5H12O2/c2*1-11(8-7-10(12)13)9-5-3-2-4-6-9;1-5(2,3-6)4-7/h2*2-6H,7-8H2,1H3,(H,12,13);6-7H,3-4H2,1-2H3. The van der Waals surface area contributed by atoms with Gasteiger partial charge in [0, 0.05) is 44.0 Å². The predicted molar refractivity (Wildman–Crippen MR) is 132 cm³/mol. The van der Waals surface area contributed by atoms with Crippen LogP contribution in [0.15, 0.2) is 60.7 Å². The van der Waals surface area contributed by atoms with Crippen LogP contribution < -0.4 is 9.80 Å². The van der Waals surface area contributed by atoms with Gasteiger partial charge in [0.2, 0.25) is 0 Å². The lowest BCUT2D eigenvalue weighted by atomic mass is 9.97. The van der Waals surface area contributed by atoms with E-state index >= 15 is 0 Å². The molecule has 0 bridgehead atoms. The monoisotopic (exact) mass is 462 g/mol. The third-order valence-corrected chi connectivity index (χ3v) is 4.57. The largest absolute Gasteiger partial charge is 0.481 e. The molecule has 2 aromatic carbocycles. The molecular formula is C25H38N2O6. The number of aliphatic carboxylic acids is 2. The van der Waals surface area contributed by atoms with Crippen molar-refractivity contribution >= 4 is 23.3 Å². The Balaban J connectivity index is 0.000000490. The summed E-state index contributed by atoms with van der Waals surface area (Å²) in [7, 11) is 3.77. The Morgan fingerprint density at radius 3 is 1.21 bits per heavy atom. The number of hydrogen-bond donors (Lipinski definition) is 4. The van der Waals surface area contributed by atoms with Crippen molar-refractivity contribution in [1.29, 1.82) is 0 Å². The zero-order chi connectivity index (χ0) is 25.3. The van der Waals surface area contributed by atoms with Gasteiger partial charge in [-0.3, -0.25) is 9.59 Å². The van der Waals surface area contributed by atoms with Gasteiger partial charge >= 0.3 is 11.9 Å². The molecule has 0 fully saturated rings. The first-order valence-electron chi connectivity index (χ1n) is 10.7. The highest BCUT2D eigenvalue weighted by molar-refractivity contribution is 5.68. The summed E-state index contributed by atoms with van der Waals surface area (Å²) in [6.45, 7) is 4.77. The van der Waals surface area contributed by atoms with Crippen molar-refractivity contribution in [2.24, 2.45) is 5.41 Å². The summed E-state index contributed by atoms with van der Waals surface area (Å²) >= 11 is 0. The maximum Gasteiger partial charge on any atom is 0.305 e. The highest BCUT2D eigenvalue weighted by atomic mass is 16.4. The lowest BCUT2D eigenvalue weighted by Gasteiger charge is -2.17. The summed E-state index contributed by atoms with van der Waals surface area (Å²) in [5.74, 6) is -1.52. The minimum atomic E-state index is -0.761. The van der Waals surface area contributed by atoms with E-state index in [1.807, 2.05) is 84.6 Å². The van der Waals surface area contributed by atoms with E-state index in [1.165, 1.54) is 0 Å². The van der Waals surface area contributed by atoms with E-state index in [0.29, 0.717) is 13.1 Å². The molecule has 4 N–H and O–H groups in total. The summed E-state index contributed by atoms with van der Waals surface area (Å²) in [4.78, 5) is 24.5. The lowest BCUT2D eigenvalue weighted by Crippen LogP contribution is -2.20. The molecule has 2 aromatic rings. The fourth-order valence-electron chi connectivity index (χ4n) is 2.20. The topological polar surface area (TPSA) is 122 Å². The Hall–Kier alpha value is -3.10. The summed E-state index contributed by atoms with van der Waals surface area (Å²) < 4.78 is 0. The summed E-state index contributed by atoms with van der Waals surface area (Å²) in [6, 6.07) is 19.5. The normalized spacial score (nSPS) is 10.1. The average molecular weight is 463 g/mol. The molecule has 0 saturated carbocycles. The van der Waals surface area contributed by atoms with Crippen molar-refractivity contribution in [2.45, 2.75) is 26.7 Å². The minimum absolute atomic E-state index is 0.0451. The van der Waals surface area contributed by atoms with Crippen LogP contribution in [0.3, 0.4) is 0 Å². The molecule has 0 aliphatic rings. The quantitative estimate of drug-likeness (QED) is 0.425. The van der Waals surface area contributed by atoms with Crippen LogP contribution in [-0.4, -0.2) is 72.8 Å². The number of carboxylic acids is 2. The van der Waals surface area contributed by atoms with Crippen LogP contribution in [0.2, 0.25) is 0 Å². The summed E-state index contributed by atoms with van der Waals surface area (Å²) in [5.41, 5.74) is 1.78. The number of hydrogen-bond acceptors (Lipinski definition) is 6. The second kappa shape index (κ2) is 16.5. The Kier molecular flexibility index (Phi) is 15.0. The van der Waals surface area contributed by atoms with Crippen molar-refractivity contribution < 1.29 is 30.0 Å². The van der Waals surface area contributed by atoms with E-state index in [-0.39, 0.29) is 31.5 Å². The molecular weight excluding hydrogens is 424 g/mol. The van der Waals surface area contributed by atoms with Gasteiger partial charge in [-0.15, -0.1) is 0 Å². The van der Waals surface area contributed by atoms with Gasteiger partial charge < -0.3 is 30.2 Å². The fraction of sp³-hybridized carbons (Fsp3) is 0.440. The molecule has 0 heterocycles. The fourth-order valence-corrected chi connectivity index (χ4v) is 2.20. The van der Waals surface area contributed by atoms with Crippen molar-refractivity contribution in [3.8, 4) is 0 Å². The third kappa shape index (κ3) is 15.4. The highest BCUT2D eigenvalue weighted by Gasteiger charge is 2.13. The molecule has 0 unspecified atom stereocenters. The molecule has 0 saturated heterocycles. The highest BCUT2D eigenvalue weighted by Crippen LogP contribution is 2.12. The van der Waals surface area contributed by atoms with Crippen molar-refractivity contribution in [1.82, 2.24) is 0 Å². The van der Waals surface area contributed by atoms with Gasteiger partial charge in [0.05, 0.1) is 26.1 Å². The molecule has 8 heteroatoms. The van der Waals surface area contributed by atoms with Crippen LogP contribution in [0.4, 0.5) is 11.4 Å². The number of nitrogens with zero attached hydrogens (tertiary/aromatic N) is 2. The number of carboxylic acid groups (broad SMARTS) is 2. The molecule has 0 radical (unpaired) electrons. The lowest BCUT2D eigenvalue weighted by molar-refractivity contribution is -0.137. The number of para-hydroxylation sites is 2. The van der Waals surface area contributed by atoms with Crippen molar-refractivity contribution in [3.05, 3.63) is 60.7 Å². The molecule has 0 aliphatic carbocycles. The van der Waals surface area contributed by atoms with Crippen LogP contribution in [0.25, 0.3) is 0 Å². The zero-order valence-electron chi connectivity index (χ0n) is 20.0. The number of anilines is 2. The smallest absolute Gasteiger partial charge is 0.305 e. The van der Waals surface area contributed by atoms with Gasteiger partial charge in [-0.05, 0) is 24.3 Å². The van der Waals surface area contributed by atoms with Gasteiger partial charge in [0.1, 0.15) is 0 Å². The van der Waals surface area contributed by atoms with Crippen molar-refractivity contribution in [3.63, 3.8) is 0 Å². The van der Waals surface area contributed by atoms with E-state index < -0.39 is 11.9 Å². The van der Waals surface area contributed by atoms with Crippen LogP contribution in [0.1, 0.15) is 26.7 Å². The molecule has 0 amide bonds. The van der Waals surface area contributed by atoms with E-state index in [9.17, 15) is 9.59 Å². The molecule has 0 atom stereocenters. The second-order valence-electron chi connectivity index (χ2n) is 8.28. The second-order valence-corrected chi connectivity index (χ2v) is 8.28. The number of aliphatic hydroxyl groups is 2. The SMILES string of the molecule is CC(C)(CO)CO.CN(CCC(=O)O)c1ccccc1.CN(CCC(=O)O)c1ccccc1. The first-order chi connectivity index (χ1) is 15.5. The van der Waals surface area contributed by atoms with E-state index in [2.05, 4.69) is 0 Å². The Labute approximate surface area is 196 Å². The maximum atomic E-state index is 10.3. The first-order valence-corrected chi connectivity index (χ1v) is 10.7. The molecule has 33 heavy (non-hydrogen) atoms. The Morgan fingerprint density at radius 2 is 1.00 bits per heavy atom. The zero-order valence-corrected chi connectivity index (χ0v) is 20.0. The molecule has 184 valence electrons. The summed E-state index contributed by atoms with van der Waals surface area (Å²) in [6.07, 6.45) is 0.344. The van der Waals surface area contributed by atoms with E-state index in [1.54, 1.807) is 13.8 Å². The Bertz CT molecular complexity index is 718. The van der Waals surface area contributed by atoms with Gasteiger partial charge in [-0.1, -0.05) is 50.2 Å². The van der Waals surface area contributed by atoms with Gasteiger partial charge in [-0.2, -0.15) is 0 Å². The number of carbonyl (C=O) groups is 2. The molecule has 0 spiro atoms. The third-order valence-electron chi connectivity index (χ3n) is 4.57. The average Bonchev–Trinajstić information content (AvgIpc) is 2.82. The molecule has 0 aromatic heterocycles. The van der Waals surface area contributed by atoms with Crippen LogP contribution >= 0.6 is 0 Å². The van der Waals surface area contributed by atoms with Crippen molar-refractivity contribution in [2.75, 3.05) is 50.2 Å². The van der Waals surface area contributed by atoms with Gasteiger partial charge in [0.15, 0.2) is 0 Å². The molecule has 2 rings (SSSR count). The summed E-state index contributed by atoms with van der Waals surface area (Å²) in [5, 5.41) is 33.8. The van der Waals surface area contributed by atoms with E-state index in [0.717, 1.165) is 11.4 Å². The van der Waals surface area contributed by atoms with E-state index in [4.69, 9.17) is 20.4 Å². The minimum Gasteiger partial charge on any atom is -0.481 e. The number of rotatable bonds is 10. The number of benzene rings is 2.